The van der Waals surface area contributed by atoms with Gasteiger partial charge in [-0.1, -0.05) is 0 Å². The van der Waals surface area contributed by atoms with E-state index in [1.54, 1.807) is 19.4 Å². The van der Waals surface area contributed by atoms with Crippen LogP contribution in [-0.2, 0) is 0 Å². The van der Waals surface area contributed by atoms with Gasteiger partial charge in [-0.3, -0.25) is 4.79 Å². The summed E-state index contributed by atoms with van der Waals surface area (Å²) >= 11 is 0. The number of nitrogens with one attached hydrogen (secondary N) is 2. The fourth-order valence-corrected chi connectivity index (χ4v) is 4.97. The Labute approximate surface area is 184 Å². The van der Waals surface area contributed by atoms with Crippen molar-refractivity contribution in [1.82, 2.24) is 19.9 Å². The van der Waals surface area contributed by atoms with Gasteiger partial charge in [-0.2, -0.15) is 5.26 Å². The van der Waals surface area contributed by atoms with Crippen LogP contribution in [-0.4, -0.2) is 58.0 Å². The van der Waals surface area contributed by atoms with E-state index < -0.39 is 0 Å². The number of piperazine rings is 1. The SMILES string of the molecule is COc1cnc2[nH]ccc2c1N1CCN(C(=O)c2cc3cc(C#N)ccc3[nH]2)C2(CC2)C1. The second kappa shape index (κ2) is 6.76. The Morgan fingerprint density at radius 1 is 1.25 bits per heavy atom. The van der Waals surface area contributed by atoms with E-state index >= 15 is 0 Å². The maximum atomic E-state index is 13.5. The average Bonchev–Trinajstić information content (AvgIpc) is 3.24. The van der Waals surface area contributed by atoms with Crippen molar-refractivity contribution >= 4 is 33.5 Å². The van der Waals surface area contributed by atoms with E-state index in [0.717, 1.165) is 52.8 Å². The van der Waals surface area contributed by atoms with Crippen LogP contribution in [0.5, 0.6) is 5.75 Å². The highest BCUT2D eigenvalue weighted by molar-refractivity contribution is 5.99. The molecule has 1 aliphatic carbocycles. The van der Waals surface area contributed by atoms with Crippen LogP contribution in [0.3, 0.4) is 0 Å². The van der Waals surface area contributed by atoms with Gasteiger partial charge in [0, 0.05) is 42.1 Å². The highest BCUT2D eigenvalue weighted by Gasteiger charge is 2.54. The predicted octanol–water partition coefficient (Wildman–Crippen LogP) is 3.42. The molecule has 8 nitrogen and oxygen atoms in total. The van der Waals surface area contributed by atoms with Gasteiger partial charge in [-0.05, 0) is 43.2 Å². The van der Waals surface area contributed by atoms with Gasteiger partial charge >= 0.3 is 0 Å². The predicted molar refractivity (Wildman–Crippen MR) is 121 cm³/mol. The van der Waals surface area contributed by atoms with Crippen molar-refractivity contribution in [2.24, 2.45) is 0 Å². The van der Waals surface area contributed by atoms with Crippen LogP contribution in [0.2, 0.25) is 0 Å². The number of rotatable bonds is 3. The average molecular weight is 426 g/mol. The Balaban J connectivity index is 1.31. The first-order valence-corrected chi connectivity index (χ1v) is 10.7. The van der Waals surface area contributed by atoms with Crippen molar-refractivity contribution in [3.8, 4) is 11.8 Å². The van der Waals surface area contributed by atoms with Crippen molar-refractivity contribution in [3.05, 3.63) is 54.0 Å². The quantitative estimate of drug-likeness (QED) is 0.523. The van der Waals surface area contributed by atoms with E-state index in [0.29, 0.717) is 24.3 Å². The molecule has 4 heterocycles. The summed E-state index contributed by atoms with van der Waals surface area (Å²) < 4.78 is 5.63. The summed E-state index contributed by atoms with van der Waals surface area (Å²) in [5.74, 6) is 0.766. The molecular formula is C24H22N6O2. The number of nitrogens with zero attached hydrogens (tertiary/aromatic N) is 4. The molecule has 0 bridgehead atoms. The molecule has 0 atom stereocenters. The molecule has 1 saturated carbocycles. The molecule has 2 N–H and O–H groups in total. The Morgan fingerprint density at radius 2 is 2.12 bits per heavy atom. The van der Waals surface area contributed by atoms with Crippen LogP contribution in [0.15, 0.2) is 42.7 Å². The molecule has 0 unspecified atom stereocenters. The van der Waals surface area contributed by atoms with E-state index in [1.165, 1.54) is 0 Å². The number of fused-ring (bicyclic) bond motifs is 2. The van der Waals surface area contributed by atoms with Crippen molar-refractivity contribution in [3.63, 3.8) is 0 Å². The number of hydrogen-bond donors (Lipinski definition) is 2. The molecule has 1 saturated heterocycles. The summed E-state index contributed by atoms with van der Waals surface area (Å²) in [6.45, 7) is 2.11. The number of aromatic amines is 2. The second-order valence-corrected chi connectivity index (χ2v) is 8.61. The minimum absolute atomic E-state index is 0.0188. The van der Waals surface area contributed by atoms with E-state index in [4.69, 9.17) is 10.00 Å². The third-order valence-electron chi connectivity index (χ3n) is 6.76. The molecule has 3 aromatic heterocycles. The van der Waals surface area contributed by atoms with E-state index in [2.05, 4.69) is 25.9 Å². The number of pyridine rings is 1. The van der Waals surface area contributed by atoms with E-state index in [1.807, 2.05) is 35.4 Å². The molecule has 6 rings (SSSR count). The first kappa shape index (κ1) is 18.8. The van der Waals surface area contributed by atoms with Gasteiger partial charge in [0.05, 0.1) is 36.2 Å². The van der Waals surface area contributed by atoms with Crippen LogP contribution in [0.1, 0.15) is 28.9 Å². The normalized spacial score (nSPS) is 17.1. The number of benzene rings is 1. The summed E-state index contributed by atoms with van der Waals surface area (Å²) in [6, 6.07) is 11.5. The van der Waals surface area contributed by atoms with Crippen molar-refractivity contribution in [2.45, 2.75) is 18.4 Å². The summed E-state index contributed by atoms with van der Waals surface area (Å²) in [6.07, 6.45) is 5.61. The summed E-state index contributed by atoms with van der Waals surface area (Å²) in [5, 5.41) is 11.1. The molecule has 0 radical (unpaired) electrons. The van der Waals surface area contributed by atoms with Crippen LogP contribution < -0.4 is 9.64 Å². The summed E-state index contributed by atoms with van der Waals surface area (Å²) in [7, 11) is 1.67. The van der Waals surface area contributed by atoms with Gasteiger partial charge in [0.2, 0.25) is 0 Å². The molecule has 4 aromatic rings. The van der Waals surface area contributed by atoms with Crippen LogP contribution >= 0.6 is 0 Å². The van der Waals surface area contributed by atoms with Crippen molar-refractivity contribution < 1.29 is 9.53 Å². The largest absolute Gasteiger partial charge is 0.493 e. The minimum Gasteiger partial charge on any atom is -0.493 e. The Bertz CT molecular complexity index is 1410. The lowest BCUT2D eigenvalue weighted by Gasteiger charge is -2.43. The molecule has 32 heavy (non-hydrogen) atoms. The first-order chi connectivity index (χ1) is 15.6. The summed E-state index contributed by atoms with van der Waals surface area (Å²) in [4.78, 5) is 28.7. The van der Waals surface area contributed by atoms with Gasteiger partial charge in [-0.25, -0.2) is 4.98 Å². The molecule has 2 fully saturated rings. The molecule has 2 aliphatic rings. The number of anilines is 1. The van der Waals surface area contributed by atoms with Gasteiger partial charge in [-0.15, -0.1) is 0 Å². The lowest BCUT2D eigenvalue weighted by atomic mass is 10.1. The standard InChI is InChI=1S/C24H22N6O2/c1-32-20-13-27-22-17(4-7-26-22)21(20)29-8-9-30(24(14-29)5-6-24)23(31)19-11-16-10-15(12-25)2-3-18(16)28-19/h2-4,7,10-11,13,28H,5-6,8-9,14H2,1H3,(H,26,27). The zero-order valence-electron chi connectivity index (χ0n) is 17.7. The van der Waals surface area contributed by atoms with Crippen molar-refractivity contribution in [1.29, 1.82) is 5.26 Å². The van der Waals surface area contributed by atoms with Crippen LogP contribution in [0.4, 0.5) is 5.69 Å². The van der Waals surface area contributed by atoms with Gasteiger partial charge in [0.1, 0.15) is 11.3 Å². The fourth-order valence-electron chi connectivity index (χ4n) is 4.97. The van der Waals surface area contributed by atoms with Crippen LogP contribution in [0.25, 0.3) is 21.9 Å². The molecule has 8 heteroatoms. The molecule has 1 amide bonds. The third-order valence-corrected chi connectivity index (χ3v) is 6.76. The minimum atomic E-state index is -0.165. The highest BCUT2D eigenvalue weighted by Crippen LogP contribution is 2.47. The number of H-pyrrole nitrogens is 2. The molecule has 1 aromatic carbocycles. The highest BCUT2D eigenvalue weighted by atomic mass is 16.5. The number of amides is 1. The molecule has 1 aliphatic heterocycles. The zero-order valence-corrected chi connectivity index (χ0v) is 17.7. The number of methoxy groups -OCH3 is 1. The molecular weight excluding hydrogens is 404 g/mol. The number of hydrogen-bond acceptors (Lipinski definition) is 5. The van der Waals surface area contributed by atoms with Gasteiger partial charge in [0.15, 0.2) is 5.75 Å². The third kappa shape index (κ3) is 2.74. The Morgan fingerprint density at radius 3 is 2.91 bits per heavy atom. The lowest BCUT2D eigenvalue weighted by Crippen LogP contribution is -2.57. The number of carbonyl (C=O) groups is 1. The maximum absolute atomic E-state index is 13.5. The van der Waals surface area contributed by atoms with Gasteiger partial charge < -0.3 is 24.5 Å². The number of nitriles is 1. The zero-order chi connectivity index (χ0) is 21.9. The lowest BCUT2D eigenvalue weighted by molar-refractivity contribution is 0.0619. The molecule has 160 valence electrons. The maximum Gasteiger partial charge on any atom is 0.270 e. The monoisotopic (exact) mass is 426 g/mol. The Hall–Kier alpha value is -3.99. The summed E-state index contributed by atoms with van der Waals surface area (Å²) in [5.41, 5.74) is 3.73. The topological polar surface area (TPSA) is 101 Å². The number of ether oxygens (including phenoxy) is 1. The second-order valence-electron chi connectivity index (χ2n) is 8.61. The smallest absolute Gasteiger partial charge is 0.270 e. The number of aromatic nitrogens is 3. The van der Waals surface area contributed by atoms with Gasteiger partial charge in [0.25, 0.3) is 5.91 Å². The Kier molecular flexibility index (Phi) is 3.96. The van der Waals surface area contributed by atoms with E-state index in [9.17, 15) is 4.79 Å². The first-order valence-electron chi connectivity index (χ1n) is 10.7. The van der Waals surface area contributed by atoms with Crippen LogP contribution in [0, 0.1) is 11.3 Å². The fraction of sp³-hybridized carbons (Fsp3) is 0.292. The van der Waals surface area contributed by atoms with Crippen molar-refractivity contribution in [2.75, 3.05) is 31.6 Å². The number of carbonyl (C=O) groups excluding carboxylic acids is 1. The molecule has 1 spiro atoms. The van der Waals surface area contributed by atoms with E-state index in [-0.39, 0.29) is 11.4 Å².